The van der Waals surface area contributed by atoms with Crippen molar-refractivity contribution in [1.82, 2.24) is 0 Å². The molecule has 0 aliphatic carbocycles. The first-order valence-electron chi connectivity index (χ1n) is 4.12. The second kappa shape index (κ2) is 4.87. The predicted molar refractivity (Wildman–Crippen MR) is 52.4 cm³/mol. The van der Waals surface area contributed by atoms with Crippen LogP contribution in [0, 0.1) is 0 Å². The summed E-state index contributed by atoms with van der Waals surface area (Å²) in [7, 11) is 0. The van der Waals surface area contributed by atoms with Crippen LogP contribution < -0.4 is 4.74 Å². The van der Waals surface area contributed by atoms with Crippen molar-refractivity contribution in [3.8, 4) is 5.75 Å². The van der Waals surface area contributed by atoms with E-state index < -0.39 is 0 Å². The predicted octanol–water partition coefficient (Wildman–Crippen LogP) is 2.48. The van der Waals surface area contributed by atoms with Crippen LogP contribution in [0.3, 0.4) is 0 Å². The zero-order valence-corrected chi connectivity index (χ0v) is 8.17. The van der Waals surface area contributed by atoms with E-state index in [1.54, 1.807) is 12.1 Å². The minimum absolute atomic E-state index is 0.400. The summed E-state index contributed by atoms with van der Waals surface area (Å²) in [6.07, 6.45) is 1.26. The highest BCUT2D eigenvalue weighted by Gasteiger charge is 2.01. The summed E-state index contributed by atoms with van der Waals surface area (Å²) in [4.78, 5) is 10.3. The topological polar surface area (TPSA) is 26.3 Å². The monoisotopic (exact) mass is 198 g/mol. The maximum Gasteiger partial charge on any atom is 0.138 e. The molecular formula is C10H11ClO2. The van der Waals surface area contributed by atoms with Gasteiger partial charge >= 0.3 is 0 Å². The highest BCUT2D eigenvalue weighted by Crippen LogP contribution is 2.25. The van der Waals surface area contributed by atoms with Gasteiger partial charge in [0.1, 0.15) is 12.0 Å². The van der Waals surface area contributed by atoms with Crippen LogP contribution in [0.15, 0.2) is 18.2 Å². The molecule has 0 bridgehead atoms. The van der Waals surface area contributed by atoms with Crippen LogP contribution in [0.25, 0.3) is 0 Å². The zero-order valence-electron chi connectivity index (χ0n) is 7.42. The van der Waals surface area contributed by atoms with Gasteiger partial charge in [-0.05, 0) is 24.6 Å². The molecule has 0 saturated heterocycles. The van der Waals surface area contributed by atoms with Gasteiger partial charge in [0.05, 0.1) is 11.6 Å². The summed E-state index contributed by atoms with van der Waals surface area (Å²) in [5, 5.41) is 0.580. The highest BCUT2D eigenvalue weighted by atomic mass is 35.5. The Bertz CT molecular complexity index is 297. The second-order valence-electron chi connectivity index (χ2n) is 2.57. The molecule has 0 aromatic heterocycles. The fourth-order valence-electron chi connectivity index (χ4n) is 1.04. The third kappa shape index (κ3) is 2.74. The Kier molecular flexibility index (Phi) is 3.77. The lowest BCUT2D eigenvalue weighted by atomic mass is 10.1. The van der Waals surface area contributed by atoms with E-state index in [1.165, 1.54) is 0 Å². The van der Waals surface area contributed by atoms with Crippen molar-refractivity contribution in [2.75, 3.05) is 6.61 Å². The normalized spacial score (nSPS) is 9.69. The Balaban J connectivity index is 2.89. The zero-order chi connectivity index (χ0) is 9.68. The molecule has 1 aromatic carbocycles. The Hall–Kier alpha value is -1.02. The largest absolute Gasteiger partial charge is 0.492 e. The first kappa shape index (κ1) is 10.1. The fraction of sp³-hybridized carbons (Fsp3) is 0.300. The average Bonchev–Trinajstić information content (AvgIpc) is 2.12. The van der Waals surface area contributed by atoms with Gasteiger partial charge in [0.25, 0.3) is 0 Å². The van der Waals surface area contributed by atoms with Crippen LogP contribution in [0.4, 0.5) is 0 Å². The minimum Gasteiger partial charge on any atom is -0.492 e. The second-order valence-corrected chi connectivity index (χ2v) is 2.98. The molecule has 0 heterocycles. The molecule has 0 saturated carbocycles. The molecule has 1 rings (SSSR count). The number of carbonyl (C=O) groups is 1. The molecule has 0 atom stereocenters. The number of hydrogen-bond acceptors (Lipinski definition) is 2. The van der Waals surface area contributed by atoms with Crippen molar-refractivity contribution in [2.45, 2.75) is 13.3 Å². The molecule has 0 amide bonds. The van der Waals surface area contributed by atoms with E-state index >= 15 is 0 Å². The molecule has 0 unspecified atom stereocenters. The lowest BCUT2D eigenvalue weighted by Crippen LogP contribution is -1.94. The van der Waals surface area contributed by atoms with E-state index in [0.29, 0.717) is 23.8 Å². The number of ether oxygens (including phenoxy) is 1. The van der Waals surface area contributed by atoms with E-state index in [-0.39, 0.29) is 0 Å². The Labute approximate surface area is 82.5 Å². The third-order valence-corrected chi connectivity index (χ3v) is 1.93. The van der Waals surface area contributed by atoms with Gasteiger partial charge in [-0.3, -0.25) is 0 Å². The maximum atomic E-state index is 10.3. The maximum absolute atomic E-state index is 10.3. The SMILES string of the molecule is CCOc1cc(CC=O)ccc1Cl. The quantitative estimate of drug-likeness (QED) is 0.695. The number of aldehydes is 1. The van der Waals surface area contributed by atoms with Crippen molar-refractivity contribution in [3.63, 3.8) is 0 Å². The summed E-state index contributed by atoms with van der Waals surface area (Å²) >= 11 is 5.86. The van der Waals surface area contributed by atoms with Gasteiger partial charge in [0, 0.05) is 6.42 Å². The number of halogens is 1. The Morgan fingerprint density at radius 3 is 2.92 bits per heavy atom. The van der Waals surface area contributed by atoms with Crippen molar-refractivity contribution in [2.24, 2.45) is 0 Å². The van der Waals surface area contributed by atoms with Crippen LogP contribution in [0.2, 0.25) is 5.02 Å². The van der Waals surface area contributed by atoms with Crippen molar-refractivity contribution >= 4 is 17.9 Å². The first-order valence-corrected chi connectivity index (χ1v) is 4.50. The van der Waals surface area contributed by atoms with Gasteiger partial charge in [0.15, 0.2) is 0 Å². The molecule has 0 N–H and O–H groups in total. The van der Waals surface area contributed by atoms with E-state index in [4.69, 9.17) is 16.3 Å². The molecular weight excluding hydrogens is 188 g/mol. The molecule has 1 aromatic rings. The van der Waals surface area contributed by atoms with Crippen molar-refractivity contribution < 1.29 is 9.53 Å². The smallest absolute Gasteiger partial charge is 0.138 e. The van der Waals surface area contributed by atoms with Gasteiger partial charge in [-0.2, -0.15) is 0 Å². The average molecular weight is 199 g/mol. The number of carbonyl (C=O) groups excluding carboxylic acids is 1. The molecule has 2 nitrogen and oxygen atoms in total. The van der Waals surface area contributed by atoms with Gasteiger partial charge < -0.3 is 9.53 Å². The Morgan fingerprint density at radius 2 is 2.31 bits per heavy atom. The molecule has 0 spiro atoms. The van der Waals surface area contributed by atoms with Crippen LogP contribution in [0.5, 0.6) is 5.75 Å². The molecule has 0 aliphatic heterocycles. The van der Waals surface area contributed by atoms with Crippen LogP contribution >= 0.6 is 11.6 Å². The van der Waals surface area contributed by atoms with Crippen LogP contribution in [-0.2, 0) is 11.2 Å². The fourth-order valence-corrected chi connectivity index (χ4v) is 1.21. The highest BCUT2D eigenvalue weighted by molar-refractivity contribution is 6.32. The summed E-state index contributed by atoms with van der Waals surface area (Å²) in [6.45, 7) is 2.47. The van der Waals surface area contributed by atoms with Crippen molar-refractivity contribution in [3.05, 3.63) is 28.8 Å². The number of hydrogen-bond donors (Lipinski definition) is 0. The summed E-state index contributed by atoms with van der Waals surface area (Å²) in [5.74, 6) is 0.642. The molecule has 0 radical (unpaired) electrons. The lowest BCUT2D eigenvalue weighted by molar-refractivity contribution is -0.107. The Morgan fingerprint density at radius 1 is 1.54 bits per heavy atom. The van der Waals surface area contributed by atoms with Gasteiger partial charge in [0.2, 0.25) is 0 Å². The molecule has 0 aliphatic rings. The van der Waals surface area contributed by atoms with E-state index in [1.807, 2.05) is 13.0 Å². The summed E-state index contributed by atoms with van der Waals surface area (Å²) in [6, 6.07) is 5.35. The molecule has 70 valence electrons. The standard InChI is InChI=1S/C10H11ClO2/c1-2-13-10-7-8(5-6-12)3-4-9(10)11/h3-4,6-7H,2,5H2,1H3. The van der Waals surface area contributed by atoms with Crippen molar-refractivity contribution in [1.29, 1.82) is 0 Å². The molecule has 3 heteroatoms. The van der Waals surface area contributed by atoms with Crippen LogP contribution in [0.1, 0.15) is 12.5 Å². The van der Waals surface area contributed by atoms with E-state index in [2.05, 4.69) is 0 Å². The first-order chi connectivity index (χ1) is 6.27. The van der Waals surface area contributed by atoms with Crippen LogP contribution in [-0.4, -0.2) is 12.9 Å². The van der Waals surface area contributed by atoms with Gasteiger partial charge in [-0.15, -0.1) is 0 Å². The number of benzene rings is 1. The third-order valence-electron chi connectivity index (χ3n) is 1.61. The van der Waals surface area contributed by atoms with Gasteiger partial charge in [-0.1, -0.05) is 17.7 Å². The number of rotatable bonds is 4. The van der Waals surface area contributed by atoms with E-state index in [9.17, 15) is 4.79 Å². The summed E-state index contributed by atoms with van der Waals surface area (Å²) in [5.41, 5.74) is 0.919. The molecule has 13 heavy (non-hydrogen) atoms. The lowest BCUT2D eigenvalue weighted by Gasteiger charge is -2.06. The van der Waals surface area contributed by atoms with E-state index in [0.717, 1.165) is 11.8 Å². The minimum atomic E-state index is 0.400. The van der Waals surface area contributed by atoms with Gasteiger partial charge in [-0.25, -0.2) is 0 Å². The summed E-state index contributed by atoms with van der Waals surface area (Å²) < 4.78 is 5.28. The molecule has 0 fully saturated rings.